The summed E-state index contributed by atoms with van der Waals surface area (Å²) in [5.41, 5.74) is 1.21. The molecule has 0 heterocycles. The van der Waals surface area contributed by atoms with Crippen LogP contribution in [0.5, 0.6) is 0 Å². The summed E-state index contributed by atoms with van der Waals surface area (Å²) in [4.78, 5) is 0. The summed E-state index contributed by atoms with van der Waals surface area (Å²) in [6.07, 6.45) is 2.14. The van der Waals surface area contributed by atoms with E-state index in [2.05, 4.69) is 40.3 Å². The molecule has 0 aromatic heterocycles. The van der Waals surface area contributed by atoms with Crippen LogP contribution in [0.2, 0.25) is 0 Å². The molecular weight excluding hydrogens is 306 g/mol. The van der Waals surface area contributed by atoms with Gasteiger partial charge in [0.2, 0.25) is 0 Å². The highest BCUT2D eigenvalue weighted by molar-refractivity contribution is 9.10. The van der Waals surface area contributed by atoms with Crippen LogP contribution in [-0.2, 0) is 4.74 Å². The Balaban J connectivity index is 1.65. The lowest BCUT2D eigenvalue weighted by molar-refractivity contribution is 0.0315. The van der Waals surface area contributed by atoms with Crippen LogP contribution in [0, 0.1) is 5.92 Å². The largest absolute Gasteiger partial charge is 0.389 e. The van der Waals surface area contributed by atoms with Crippen LogP contribution in [0.4, 0.5) is 0 Å². The number of halogens is 1. The van der Waals surface area contributed by atoms with Gasteiger partial charge < -0.3 is 15.2 Å². The van der Waals surface area contributed by atoms with Crippen LogP contribution in [0.15, 0.2) is 28.7 Å². The first kappa shape index (κ1) is 15.0. The van der Waals surface area contributed by atoms with Crippen LogP contribution in [0.1, 0.15) is 31.4 Å². The van der Waals surface area contributed by atoms with Crippen molar-refractivity contribution in [2.45, 2.75) is 31.9 Å². The molecule has 1 saturated carbocycles. The standard InChI is InChI=1S/C15H22BrNO2/c1-11(13-3-2-4-14(16)7-13)17-8-15(18)10-19-9-12-5-6-12/h2-4,7,11-12,15,17-18H,5-6,8-10H2,1H3/t11-,15?/m1/s1. The lowest BCUT2D eigenvalue weighted by atomic mass is 10.1. The van der Waals surface area contributed by atoms with E-state index in [0.29, 0.717) is 13.2 Å². The van der Waals surface area contributed by atoms with Crippen molar-refractivity contribution in [1.82, 2.24) is 5.32 Å². The van der Waals surface area contributed by atoms with Crippen molar-refractivity contribution >= 4 is 15.9 Å². The SMILES string of the molecule is C[C@@H](NCC(O)COCC1CC1)c1cccc(Br)c1. The molecule has 0 radical (unpaired) electrons. The molecule has 4 heteroatoms. The van der Waals surface area contributed by atoms with Crippen molar-refractivity contribution in [3.63, 3.8) is 0 Å². The minimum atomic E-state index is -0.437. The van der Waals surface area contributed by atoms with Crippen molar-refractivity contribution in [2.24, 2.45) is 5.92 Å². The third-order valence-corrected chi connectivity index (χ3v) is 3.86. The van der Waals surface area contributed by atoms with Crippen molar-refractivity contribution in [2.75, 3.05) is 19.8 Å². The number of benzene rings is 1. The van der Waals surface area contributed by atoms with Gasteiger partial charge in [0.25, 0.3) is 0 Å². The molecule has 1 aliphatic carbocycles. The summed E-state index contributed by atoms with van der Waals surface area (Å²) in [6, 6.07) is 8.42. The maximum Gasteiger partial charge on any atom is 0.0897 e. The van der Waals surface area contributed by atoms with Crippen LogP contribution in [-0.4, -0.2) is 31.0 Å². The molecule has 0 saturated heterocycles. The number of ether oxygens (including phenoxy) is 1. The Morgan fingerprint density at radius 3 is 2.95 bits per heavy atom. The fourth-order valence-electron chi connectivity index (χ4n) is 1.92. The Bertz CT molecular complexity index is 395. The van der Waals surface area contributed by atoms with Gasteiger partial charge in [-0.25, -0.2) is 0 Å². The van der Waals surface area contributed by atoms with E-state index in [1.807, 2.05) is 12.1 Å². The van der Waals surface area contributed by atoms with E-state index < -0.39 is 6.10 Å². The van der Waals surface area contributed by atoms with E-state index in [1.165, 1.54) is 18.4 Å². The van der Waals surface area contributed by atoms with E-state index in [4.69, 9.17) is 4.74 Å². The molecule has 1 fully saturated rings. The number of aliphatic hydroxyl groups is 1. The molecule has 1 aromatic carbocycles. The molecular formula is C15H22BrNO2. The molecule has 2 rings (SSSR count). The highest BCUT2D eigenvalue weighted by Crippen LogP contribution is 2.28. The smallest absolute Gasteiger partial charge is 0.0897 e. The summed E-state index contributed by atoms with van der Waals surface area (Å²) in [6.45, 7) is 3.88. The van der Waals surface area contributed by atoms with Gasteiger partial charge in [0, 0.05) is 23.7 Å². The summed E-state index contributed by atoms with van der Waals surface area (Å²) in [7, 11) is 0. The zero-order valence-electron chi connectivity index (χ0n) is 11.3. The van der Waals surface area contributed by atoms with E-state index in [9.17, 15) is 5.11 Å². The Labute approximate surface area is 123 Å². The monoisotopic (exact) mass is 327 g/mol. The third-order valence-electron chi connectivity index (χ3n) is 3.37. The van der Waals surface area contributed by atoms with E-state index in [1.54, 1.807) is 0 Å². The number of nitrogens with one attached hydrogen (secondary N) is 1. The fraction of sp³-hybridized carbons (Fsp3) is 0.600. The van der Waals surface area contributed by atoms with Gasteiger partial charge in [0.15, 0.2) is 0 Å². The zero-order valence-corrected chi connectivity index (χ0v) is 12.9. The fourth-order valence-corrected chi connectivity index (χ4v) is 2.34. The number of rotatable bonds is 8. The van der Waals surface area contributed by atoms with Gasteiger partial charge in [-0.15, -0.1) is 0 Å². The summed E-state index contributed by atoms with van der Waals surface area (Å²) in [5.74, 6) is 0.751. The van der Waals surface area contributed by atoms with Gasteiger partial charge in [-0.1, -0.05) is 28.1 Å². The van der Waals surface area contributed by atoms with Crippen molar-refractivity contribution < 1.29 is 9.84 Å². The molecule has 2 atom stereocenters. The van der Waals surface area contributed by atoms with Gasteiger partial charge in [0.1, 0.15) is 0 Å². The highest BCUT2D eigenvalue weighted by Gasteiger charge is 2.21. The van der Waals surface area contributed by atoms with Crippen LogP contribution >= 0.6 is 15.9 Å². The van der Waals surface area contributed by atoms with Crippen molar-refractivity contribution in [1.29, 1.82) is 0 Å². The topological polar surface area (TPSA) is 41.5 Å². The molecule has 1 aliphatic rings. The number of hydrogen-bond donors (Lipinski definition) is 2. The van der Waals surface area contributed by atoms with E-state index in [-0.39, 0.29) is 6.04 Å². The van der Waals surface area contributed by atoms with Crippen LogP contribution in [0.3, 0.4) is 0 Å². The Kier molecular flexibility index (Phi) is 5.82. The molecule has 1 aromatic rings. The van der Waals surface area contributed by atoms with Crippen LogP contribution < -0.4 is 5.32 Å². The predicted octanol–water partition coefficient (Wildman–Crippen LogP) is 2.89. The van der Waals surface area contributed by atoms with E-state index in [0.717, 1.165) is 17.0 Å². The maximum atomic E-state index is 9.84. The molecule has 0 amide bonds. The lowest BCUT2D eigenvalue weighted by Crippen LogP contribution is -2.32. The molecule has 0 aliphatic heterocycles. The van der Waals surface area contributed by atoms with Crippen molar-refractivity contribution in [3.05, 3.63) is 34.3 Å². The van der Waals surface area contributed by atoms with Gasteiger partial charge in [-0.05, 0) is 43.4 Å². The molecule has 19 heavy (non-hydrogen) atoms. The summed E-state index contributed by atoms with van der Waals surface area (Å²) < 4.78 is 6.55. The number of hydrogen-bond acceptors (Lipinski definition) is 3. The zero-order chi connectivity index (χ0) is 13.7. The average molecular weight is 328 g/mol. The molecule has 0 bridgehead atoms. The average Bonchev–Trinajstić information content (AvgIpc) is 3.20. The Hall–Kier alpha value is -0.420. The quantitative estimate of drug-likeness (QED) is 0.771. The summed E-state index contributed by atoms with van der Waals surface area (Å²) >= 11 is 3.47. The van der Waals surface area contributed by atoms with Gasteiger partial charge >= 0.3 is 0 Å². The number of aliphatic hydroxyl groups excluding tert-OH is 1. The predicted molar refractivity (Wildman–Crippen MR) is 80.1 cm³/mol. The second-order valence-corrected chi connectivity index (χ2v) is 6.24. The molecule has 1 unspecified atom stereocenters. The molecule has 106 valence electrons. The highest BCUT2D eigenvalue weighted by atomic mass is 79.9. The lowest BCUT2D eigenvalue weighted by Gasteiger charge is -2.18. The van der Waals surface area contributed by atoms with Crippen molar-refractivity contribution in [3.8, 4) is 0 Å². The first-order valence-electron chi connectivity index (χ1n) is 6.90. The van der Waals surface area contributed by atoms with Gasteiger partial charge in [0.05, 0.1) is 12.7 Å². The Morgan fingerprint density at radius 2 is 2.26 bits per heavy atom. The first-order chi connectivity index (χ1) is 9.15. The first-order valence-corrected chi connectivity index (χ1v) is 7.69. The third kappa shape index (κ3) is 5.61. The molecule has 3 nitrogen and oxygen atoms in total. The maximum absolute atomic E-state index is 9.84. The van der Waals surface area contributed by atoms with Crippen LogP contribution in [0.25, 0.3) is 0 Å². The normalized spacial score (nSPS) is 18.3. The van der Waals surface area contributed by atoms with Gasteiger partial charge in [-0.2, -0.15) is 0 Å². The molecule has 2 N–H and O–H groups in total. The minimum absolute atomic E-state index is 0.218. The summed E-state index contributed by atoms with van der Waals surface area (Å²) in [5, 5.41) is 13.2. The second-order valence-electron chi connectivity index (χ2n) is 5.32. The Morgan fingerprint density at radius 1 is 1.47 bits per heavy atom. The molecule has 0 spiro atoms. The van der Waals surface area contributed by atoms with E-state index >= 15 is 0 Å². The second kappa shape index (κ2) is 7.39. The minimum Gasteiger partial charge on any atom is -0.389 e. The van der Waals surface area contributed by atoms with Gasteiger partial charge in [-0.3, -0.25) is 0 Å².